The summed E-state index contributed by atoms with van der Waals surface area (Å²) < 4.78 is 0. The smallest absolute Gasteiger partial charge is 0.261 e. The number of imide groups is 1. The van der Waals surface area contributed by atoms with Crippen LogP contribution in [-0.4, -0.2) is 41.1 Å². The van der Waals surface area contributed by atoms with Crippen molar-refractivity contribution in [3.8, 4) is 0 Å². The lowest BCUT2D eigenvalue weighted by Crippen LogP contribution is -2.32. The molecule has 0 saturated carbocycles. The quantitative estimate of drug-likeness (QED) is 0.753. The third-order valence-corrected chi connectivity index (χ3v) is 4.59. The summed E-state index contributed by atoms with van der Waals surface area (Å²) in [7, 11) is 1.76. The van der Waals surface area contributed by atoms with Crippen LogP contribution in [0.25, 0.3) is 0 Å². The summed E-state index contributed by atoms with van der Waals surface area (Å²) in [6.07, 6.45) is 0.762. The van der Waals surface area contributed by atoms with Gasteiger partial charge in [-0.25, -0.2) is 0 Å². The normalized spacial score (nSPS) is 13.1. The molecule has 1 aliphatic heterocycles. The molecule has 3 rings (SSSR count). The molecule has 3 amide bonds. The number of nitrogens with zero attached hydrogens (tertiary/aromatic N) is 2. The highest BCUT2D eigenvalue weighted by Gasteiger charge is 2.35. The summed E-state index contributed by atoms with van der Waals surface area (Å²) in [5.74, 6) is -0.532. The van der Waals surface area contributed by atoms with Gasteiger partial charge >= 0.3 is 0 Å². The van der Waals surface area contributed by atoms with Crippen LogP contribution in [0.4, 0.5) is 0 Å². The van der Waals surface area contributed by atoms with Crippen LogP contribution in [-0.2, 0) is 11.3 Å². The molecule has 2 aromatic carbocycles. The number of fused-ring (bicyclic) bond motifs is 1. The van der Waals surface area contributed by atoms with Crippen molar-refractivity contribution in [1.82, 2.24) is 9.80 Å². The summed E-state index contributed by atoms with van der Waals surface area (Å²) in [6, 6.07) is 15.0. The minimum absolute atomic E-state index is 0.00121. The lowest BCUT2D eigenvalue weighted by atomic mass is 10.1. The summed E-state index contributed by atoms with van der Waals surface area (Å²) in [5.41, 5.74) is 2.93. The Bertz CT molecular complexity index is 846. The zero-order valence-corrected chi connectivity index (χ0v) is 15.1. The fraction of sp³-hybridized carbons (Fsp3) is 0.286. The Hall–Kier alpha value is -2.95. The molecule has 26 heavy (non-hydrogen) atoms. The van der Waals surface area contributed by atoms with Crippen LogP contribution < -0.4 is 0 Å². The van der Waals surface area contributed by atoms with Crippen LogP contribution in [0.1, 0.15) is 44.7 Å². The monoisotopic (exact) mass is 350 g/mol. The Morgan fingerprint density at radius 2 is 1.69 bits per heavy atom. The molecule has 0 aromatic heterocycles. The molecule has 0 fully saturated rings. The zero-order valence-electron chi connectivity index (χ0n) is 15.1. The fourth-order valence-electron chi connectivity index (χ4n) is 3.13. The average Bonchev–Trinajstić information content (AvgIpc) is 2.86. The summed E-state index contributed by atoms with van der Waals surface area (Å²) in [4.78, 5) is 40.0. The Morgan fingerprint density at radius 3 is 2.42 bits per heavy atom. The van der Waals surface area contributed by atoms with Gasteiger partial charge in [-0.15, -0.1) is 0 Å². The summed E-state index contributed by atoms with van der Waals surface area (Å²) in [5, 5.41) is 0. The van der Waals surface area contributed by atoms with Crippen LogP contribution in [0, 0.1) is 6.92 Å². The van der Waals surface area contributed by atoms with E-state index in [1.165, 1.54) is 4.90 Å². The maximum Gasteiger partial charge on any atom is 0.261 e. The van der Waals surface area contributed by atoms with E-state index in [-0.39, 0.29) is 24.3 Å². The topological polar surface area (TPSA) is 57.7 Å². The predicted molar refractivity (Wildman–Crippen MR) is 98.7 cm³/mol. The van der Waals surface area contributed by atoms with E-state index in [1.54, 1.807) is 24.1 Å². The van der Waals surface area contributed by atoms with Gasteiger partial charge in [-0.3, -0.25) is 19.3 Å². The van der Waals surface area contributed by atoms with Crippen LogP contribution in [0.3, 0.4) is 0 Å². The van der Waals surface area contributed by atoms with Gasteiger partial charge in [0.25, 0.3) is 11.8 Å². The Morgan fingerprint density at radius 1 is 1.00 bits per heavy atom. The van der Waals surface area contributed by atoms with Crippen molar-refractivity contribution in [1.29, 1.82) is 0 Å². The van der Waals surface area contributed by atoms with Gasteiger partial charge in [0, 0.05) is 26.6 Å². The molecule has 1 aliphatic rings. The van der Waals surface area contributed by atoms with Gasteiger partial charge in [0.15, 0.2) is 0 Å². The minimum atomic E-state index is -0.268. The molecule has 0 saturated heterocycles. The highest BCUT2D eigenvalue weighted by Crippen LogP contribution is 2.24. The second-order valence-electron chi connectivity index (χ2n) is 6.65. The number of rotatable bonds is 6. The van der Waals surface area contributed by atoms with E-state index < -0.39 is 0 Å². The van der Waals surface area contributed by atoms with Crippen molar-refractivity contribution in [2.24, 2.45) is 0 Å². The third-order valence-electron chi connectivity index (χ3n) is 4.59. The Kier molecular flexibility index (Phi) is 5.16. The second-order valence-corrected chi connectivity index (χ2v) is 6.65. The minimum Gasteiger partial charge on any atom is -0.341 e. The molecule has 0 radical (unpaired) electrons. The van der Waals surface area contributed by atoms with Gasteiger partial charge in [0.05, 0.1) is 11.1 Å². The van der Waals surface area contributed by atoms with Crippen molar-refractivity contribution >= 4 is 17.7 Å². The summed E-state index contributed by atoms with van der Waals surface area (Å²) >= 11 is 0. The molecule has 5 heteroatoms. The highest BCUT2D eigenvalue weighted by molar-refractivity contribution is 6.21. The lowest BCUT2D eigenvalue weighted by Gasteiger charge is -2.18. The van der Waals surface area contributed by atoms with Crippen LogP contribution >= 0.6 is 0 Å². The molecular formula is C21H22N2O3. The van der Waals surface area contributed by atoms with Gasteiger partial charge in [-0.2, -0.15) is 0 Å². The zero-order chi connectivity index (χ0) is 18.7. The number of benzene rings is 2. The number of carbonyl (C=O) groups is 3. The van der Waals surface area contributed by atoms with Gasteiger partial charge in [0.1, 0.15) is 0 Å². The first kappa shape index (κ1) is 17.9. The number of aryl methyl sites for hydroxylation is 1. The van der Waals surface area contributed by atoms with Crippen LogP contribution in [0.15, 0.2) is 48.5 Å². The maximum atomic E-state index is 12.4. The Labute approximate surface area is 153 Å². The molecule has 0 bridgehead atoms. The van der Waals surface area contributed by atoms with Gasteiger partial charge in [-0.05, 0) is 31.0 Å². The third kappa shape index (κ3) is 3.67. The first-order valence-electron chi connectivity index (χ1n) is 8.72. The summed E-state index contributed by atoms with van der Waals surface area (Å²) in [6.45, 7) is 2.70. The Balaban J connectivity index is 1.53. The van der Waals surface area contributed by atoms with E-state index >= 15 is 0 Å². The van der Waals surface area contributed by atoms with Gasteiger partial charge in [-0.1, -0.05) is 42.0 Å². The molecule has 0 atom stereocenters. The fourth-order valence-corrected chi connectivity index (χ4v) is 3.13. The maximum absolute atomic E-state index is 12.4. The highest BCUT2D eigenvalue weighted by atomic mass is 16.2. The van der Waals surface area contributed by atoms with Crippen LogP contribution in [0.2, 0.25) is 0 Å². The van der Waals surface area contributed by atoms with E-state index in [2.05, 4.69) is 0 Å². The molecule has 0 spiro atoms. The molecule has 0 aliphatic carbocycles. The molecule has 0 N–H and O–H groups in total. The molecule has 5 nitrogen and oxygen atoms in total. The van der Waals surface area contributed by atoms with E-state index in [4.69, 9.17) is 0 Å². The van der Waals surface area contributed by atoms with Crippen molar-refractivity contribution in [3.05, 3.63) is 70.8 Å². The number of hydrogen-bond acceptors (Lipinski definition) is 3. The standard InChI is InChI=1S/C21H22N2O3/c1-15-10-11-17-18(13-15)21(26)23(20(17)25)12-6-9-19(24)22(2)14-16-7-4-3-5-8-16/h3-5,7-8,10-11,13H,6,9,12,14H2,1-2H3. The molecule has 2 aromatic rings. The van der Waals surface area contributed by atoms with E-state index in [1.807, 2.05) is 43.3 Å². The van der Waals surface area contributed by atoms with Gasteiger partial charge < -0.3 is 4.90 Å². The largest absolute Gasteiger partial charge is 0.341 e. The number of carbonyl (C=O) groups excluding carboxylic acids is 3. The number of amides is 3. The van der Waals surface area contributed by atoms with Crippen molar-refractivity contribution < 1.29 is 14.4 Å². The SMILES string of the molecule is Cc1ccc2c(c1)C(=O)N(CCCC(=O)N(C)Cc1ccccc1)C2=O. The van der Waals surface area contributed by atoms with Crippen molar-refractivity contribution in [3.63, 3.8) is 0 Å². The number of hydrogen-bond donors (Lipinski definition) is 0. The van der Waals surface area contributed by atoms with E-state index in [9.17, 15) is 14.4 Å². The van der Waals surface area contributed by atoms with E-state index in [0.717, 1.165) is 11.1 Å². The molecule has 134 valence electrons. The first-order valence-corrected chi connectivity index (χ1v) is 8.72. The predicted octanol–water partition coefficient (Wildman–Crippen LogP) is 3.03. The van der Waals surface area contributed by atoms with Crippen molar-refractivity contribution in [2.45, 2.75) is 26.3 Å². The first-order chi connectivity index (χ1) is 12.5. The van der Waals surface area contributed by atoms with Crippen LogP contribution in [0.5, 0.6) is 0 Å². The molecule has 1 heterocycles. The van der Waals surface area contributed by atoms with E-state index in [0.29, 0.717) is 30.5 Å². The lowest BCUT2D eigenvalue weighted by molar-refractivity contribution is -0.130. The second kappa shape index (κ2) is 7.52. The van der Waals surface area contributed by atoms with Gasteiger partial charge in [0.2, 0.25) is 5.91 Å². The van der Waals surface area contributed by atoms with Crippen molar-refractivity contribution in [2.75, 3.05) is 13.6 Å². The molecular weight excluding hydrogens is 328 g/mol. The molecule has 0 unspecified atom stereocenters. The average molecular weight is 350 g/mol.